The van der Waals surface area contributed by atoms with Crippen molar-refractivity contribution in [1.82, 2.24) is 0 Å². The average molecular weight is 726 g/mol. The number of fused-ring (bicyclic) bond motifs is 3. The molecule has 10 rings (SSSR count). The molecule has 0 heterocycles. The van der Waals surface area contributed by atoms with Gasteiger partial charge in [-0.15, -0.1) is 0 Å². The molecule has 0 bridgehead atoms. The van der Waals surface area contributed by atoms with Gasteiger partial charge in [-0.2, -0.15) is 0 Å². The maximum absolute atomic E-state index is 2.43. The highest BCUT2D eigenvalue weighted by Gasteiger charge is 2.21. The summed E-state index contributed by atoms with van der Waals surface area (Å²) in [5.41, 5.74) is 15.2. The Morgan fingerprint density at radius 2 is 0.561 bits per heavy atom. The Kier molecular flexibility index (Phi) is 8.95. The van der Waals surface area contributed by atoms with E-state index in [-0.39, 0.29) is 0 Å². The number of hydrogen-bond donors (Lipinski definition) is 0. The molecule has 0 fully saturated rings. The maximum Gasteiger partial charge on any atom is 0.0473 e. The third kappa shape index (κ3) is 6.56. The lowest BCUT2D eigenvalue weighted by Gasteiger charge is -2.28. The lowest BCUT2D eigenvalue weighted by molar-refractivity contribution is 1.29. The predicted molar refractivity (Wildman–Crippen MR) is 243 cm³/mol. The second-order valence-electron chi connectivity index (χ2n) is 14.5. The SMILES string of the molecule is c1ccc(-c2ccc(N(c3cc(-c4ccccc4)cc(-c4ccccc4)c3)c3ccc4c(c3)c(-c3ccccc3)c(-c3ccccc3)c3ccccc34)cc2)cc1. The summed E-state index contributed by atoms with van der Waals surface area (Å²) in [6, 6.07) is 85.7. The molecular weight excluding hydrogens is 687 g/mol. The molecule has 0 saturated heterocycles. The van der Waals surface area contributed by atoms with Crippen molar-refractivity contribution in [3.63, 3.8) is 0 Å². The van der Waals surface area contributed by atoms with Crippen molar-refractivity contribution in [2.45, 2.75) is 0 Å². The fourth-order valence-corrected chi connectivity index (χ4v) is 8.34. The first-order valence-electron chi connectivity index (χ1n) is 19.6. The summed E-state index contributed by atoms with van der Waals surface area (Å²) in [5, 5.41) is 4.94. The average Bonchev–Trinajstić information content (AvgIpc) is 3.30. The zero-order chi connectivity index (χ0) is 38.0. The fourth-order valence-electron chi connectivity index (χ4n) is 8.34. The van der Waals surface area contributed by atoms with E-state index >= 15 is 0 Å². The van der Waals surface area contributed by atoms with Crippen LogP contribution in [-0.4, -0.2) is 0 Å². The van der Waals surface area contributed by atoms with Crippen LogP contribution >= 0.6 is 0 Å². The predicted octanol–water partition coefficient (Wildman–Crippen LogP) is 15.8. The first kappa shape index (κ1) is 34.0. The first-order chi connectivity index (χ1) is 28.3. The standard InChI is InChI=1S/C56H39N/c1-6-18-40(19-7-1)43-30-32-48(33-31-43)57(50-37-46(41-20-8-2-9-21-41)36-47(38-50)42-22-10-3-11-23-42)49-34-35-52-51-28-16-17-29-53(51)55(44-24-12-4-13-25-44)56(54(52)39-49)45-26-14-5-15-27-45/h1-39H. The molecule has 1 nitrogen and oxygen atoms in total. The highest BCUT2D eigenvalue weighted by Crippen LogP contribution is 2.47. The normalized spacial score (nSPS) is 11.2. The molecular formula is C56H39N. The van der Waals surface area contributed by atoms with Crippen LogP contribution in [0.5, 0.6) is 0 Å². The molecule has 57 heavy (non-hydrogen) atoms. The largest absolute Gasteiger partial charge is 0.310 e. The van der Waals surface area contributed by atoms with Gasteiger partial charge < -0.3 is 4.90 Å². The van der Waals surface area contributed by atoms with E-state index in [9.17, 15) is 0 Å². The van der Waals surface area contributed by atoms with Gasteiger partial charge in [0, 0.05) is 17.1 Å². The van der Waals surface area contributed by atoms with Gasteiger partial charge in [0.1, 0.15) is 0 Å². The van der Waals surface area contributed by atoms with E-state index in [1.807, 2.05) is 0 Å². The summed E-state index contributed by atoms with van der Waals surface area (Å²) in [7, 11) is 0. The second-order valence-corrected chi connectivity index (χ2v) is 14.5. The Morgan fingerprint density at radius 1 is 0.193 bits per heavy atom. The molecule has 0 spiro atoms. The molecule has 268 valence electrons. The van der Waals surface area contributed by atoms with E-state index in [0.29, 0.717) is 0 Å². The van der Waals surface area contributed by atoms with Crippen LogP contribution in [0.15, 0.2) is 237 Å². The molecule has 0 amide bonds. The molecule has 1 heteroatoms. The topological polar surface area (TPSA) is 3.24 Å². The number of anilines is 3. The van der Waals surface area contributed by atoms with Gasteiger partial charge in [0.2, 0.25) is 0 Å². The zero-order valence-corrected chi connectivity index (χ0v) is 31.5. The summed E-state index contributed by atoms with van der Waals surface area (Å²) < 4.78 is 0. The molecule has 0 unspecified atom stereocenters. The van der Waals surface area contributed by atoms with E-state index in [2.05, 4.69) is 241 Å². The summed E-state index contributed by atoms with van der Waals surface area (Å²) in [5.74, 6) is 0. The van der Waals surface area contributed by atoms with Crippen LogP contribution in [0.1, 0.15) is 0 Å². The lowest BCUT2D eigenvalue weighted by Crippen LogP contribution is -2.10. The minimum Gasteiger partial charge on any atom is -0.310 e. The van der Waals surface area contributed by atoms with Gasteiger partial charge in [0.15, 0.2) is 0 Å². The Morgan fingerprint density at radius 3 is 1.07 bits per heavy atom. The van der Waals surface area contributed by atoms with E-state index in [0.717, 1.165) is 17.1 Å². The molecule has 0 N–H and O–H groups in total. The van der Waals surface area contributed by atoms with E-state index in [4.69, 9.17) is 0 Å². The van der Waals surface area contributed by atoms with Gasteiger partial charge in [-0.1, -0.05) is 194 Å². The highest BCUT2D eigenvalue weighted by molar-refractivity contribution is 6.22. The van der Waals surface area contributed by atoms with Crippen molar-refractivity contribution in [3.8, 4) is 55.6 Å². The van der Waals surface area contributed by atoms with Crippen molar-refractivity contribution < 1.29 is 0 Å². The molecule has 0 aliphatic rings. The van der Waals surface area contributed by atoms with Crippen LogP contribution in [0.4, 0.5) is 17.1 Å². The van der Waals surface area contributed by atoms with Gasteiger partial charge in [-0.3, -0.25) is 0 Å². The van der Waals surface area contributed by atoms with Crippen LogP contribution in [-0.2, 0) is 0 Å². The van der Waals surface area contributed by atoms with Crippen molar-refractivity contribution in [1.29, 1.82) is 0 Å². The minimum absolute atomic E-state index is 1.09. The quantitative estimate of drug-likeness (QED) is 0.141. The summed E-state index contributed by atoms with van der Waals surface area (Å²) in [4.78, 5) is 2.43. The molecule has 10 aromatic rings. The Labute approximate surface area is 334 Å². The van der Waals surface area contributed by atoms with Gasteiger partial charge in [-0.05, 0) is 120 Å². The minimum atomic E-state index is 1.09. The summed E-state index contributed by atoms with van der Waals surface area (Å²) >= 11 is 0. The number of benzene rings is 10. The fraction of sp³-hybridized carbons (Fsp3) is 0. The molecule has 0 saturated carbocycles. The van der Waals surface area contributed by atoms with Crippen LogP contribution in [0.3, 0.4) is 0 Å². The van der Waals surface area contributed by atoms with E-state index < -0.39 is 0 Å². The smallest absolute Gasteiger partial charge is 0.0473 e. The molecule has 0 aromatic heterocycles. The monoisotopic (exact) mass is 725 g/mol. The lowest BCUT2D eigenvalue weighted by atomic mass is 9.85. The van der Waals surface area contributed by atoms with Crippen molar-refractivity contribution >= 4 is 38.6 Å². The van der Waals surface area contributed by atoms with E-state index in [1.54, 1.807) is 0 Å². The molecule has 10 aromatic carbocycles. The Hall–Kier alpha value is -7.48. The Balaban J connectivity index is 1.27. The molecule has 0 aliphatic carbocycles. The number of hydrogen-bond acceptors (Lipinski definition) is 1. The van der Waals surface area contributed by atoms with Crippen LogP contribution in [0.2, 0.25) is 0 Å². The van der Waals surface area contributed by atoms with Gasteiger partial charge >= 0.3 is 0 Å². The Bertz CT molecular complexity index is 2900. The number of nitrogens with zero attached hydrogens (tertiary/aromatic N) is 1. The molecule has 0 atom stereocenters. The van der Waals surface area contributed by atoms with Gasteiger partial charge in [0.05, 0.1) is 0 Å². The third-order valence-electron chi connectivity index (χ3n) is 11.0. The third-order valence-corrected chi connectivity index (χ3v) is 11.0. The van der Waals surface area contributed by atoms with Gasteiger partial charge in [0.25, 0.3) is 0 Å². The van der Waals surface area contributed by atoms with Crippen molar-refractivity contribution in [2.75, 3.05) is 4.90 Å². The molecule has 0 radical (unpaired) electrons. The van der Waals surface area contributed by atoms with Crippen molar-refractivity contribution in [3.05, 3.63) is 237 Å². The van der Waals surface area contributed by atoms with Crippen LogP contribution < -0.4 is 4.90 Å². The summed E-state index contributed by atoms with van der Waals surface area (Å²) in [6.45, 7) is 0. The number of rotatable bonds is 8. The highest BCUT2D eigenvalue weighted by atomic mass is 15.1. The molecule has 0 aliphatic heterocycles. The van der Waals surface area contributed by atoms with Crippen LogP contribution in [0.25, 0.3) is 77.2 Å². The van der Waals surface area contributed by atoms with E-state index in [1.165, 1.54) is 77.2 Å². The first-order valence-corrected chi connectivity index (χ1v) is 19.6. The van der Waals surface area contributed by atoms with Gasteiger partial charge in [-0.25, -0.2) is 0 Å². The maximum atomic E-state index is 2.43. The van der Waals surface area contributed by atoms with Crippen LogP contribution in [0, 0.1) is 0 Å². The summed E-state index contributed by atoms with van der Waals surface area (Å²) in [6.07, 6.45) is 0. The second kappa shape index (κ2) is 15.0. The zero-order valence-electron chi connectivity index (χ0n) is 31.5. The van der Waals surface area contributed by atoms with Crippen molar-refractivity contribution in [2.24, 2.45) is 0 Å².